The minimum atomic E-state index is 0. The third kappa shape index (κ3) is 2.75. The summed E-state index contributed by atoms with van der Waals surface area (Å²) in [5.41, 5.74) is 0.210. The molecule has 1 aromatic rings. The van der Waals surface area contributed by atoms with Gasteiger partial charge in [-0.2, -0.15) is 0 Å². The van der Waals surface area contributed by atoms with Gasteiger partial charge >= 0.3 is 0 Å². The SMILES string of the molecule is CC(C)(C)[n+]1ccccc1.[B]. The topological polar surface area (TPSA) is 3.88 Å². The van der Waals surface area contributed by atoms with Crippen molar-refractivity contribution in [2.45, 2.75) is 26.3 Å². The van der Waals surface area contributed by atoms with Gasteiger partial charge < -0.3 is 0 Å². The van der Waals surface area contributed by atoms with Crippen LogP contribution in [-0.2, 0) is 5.54 Å². The van der Waals surface area contributed by atoms with Gasteiger partial charge in [-0.05, 0) is 0 Å². The molecule has 0 bridgehead atoms. The standard InChI is InChI=1S/C9H14N.B/c1-9(2,3)10-7-5-4-6-8-10;/h4-8H,1-3H3;/q+1;. The molecule has 0 spiro atoms. The molecule has 0 aliphatic rings. The highest BCUT2D eigenvalue weighted by molar-refractivity contribution is 5.75. The lowest BCUT2D eigenvalue weighted by Crippen LogP contribution is -2.49. The predicted octanol–water partition coefficient (Wildman–Crippen LogP) is 1.35. The molecule has 2 heteroatoms. The van der Waals surface area contributed by atoms with E-state index in [2.05, 4.69) is 37.7 Å². The molecule has 1 aromatic heterocycles. The molecule has 0 atom stereocenters. The lowest BCUT2D eigenvalue weighted by Gasteiger charge is -2.11. The van der Waals surface area contributed by atoms with Gasteiger partial charge in [0, 0.05) is 41.3 Å². The number of aromatic nitrogens is 1. The van der Waals surface area contributed by atoms with Crippen LogP contribution in [0, 0.1) is 0 Å². The van der Waals surface area contributed by atoms with Crippen LogP contribution >= 0.6 is 0 Å². The molecule has 0 saturated carbocycles. The Morgan fingerprint density at radius 3 is 1.64 bits per heavy atom. The van der Waals surface area contributed by atoms with E-state index in [-0.39, 0.29) is 14.0 Å². The summed E-state index contributed by atoms with van der Waals surface area (Å²) in [6.07, 6.45) is 4.17. The quantitative estimate of drug-likeness (QED) is 0.385. The van der Waals surface area contributed by atoms with Gasteiger partial charge in [0.25, 0.3) is 0 Å². The fraction of sp³-hybridized carbons (Fsp3) is 0.444. The van der Waals surface area contributed by atoms with Gasteiger partial charge in [0.1, 0.15) is 0 Å². The van der Waals surface area contributed by atoms with Crippen molar-refractivity contribution in [1.29, 1.82) is 0 Å². The second kappa shape index (κ2) is 3.56. The van der Waals surface area contributed by atoms with Gasteiger partial charge in [-0.25, -0.2) is 4.57 Å². The lowest BCUT2D eigenvalue weighted by molar-refractivity contribution is -0.754. The molecule has 1 heterocycles. The van der Waals surface area contributed by atoms with Gasteiger partial charge in [0.15, 0.2) is 17.9 Å². The van der Waals surface area contributed by atoms with Crippen LogP contribution in [0.1, 0.15) is 20.8 Å². The van der Waals surface area contributed by atoms with E-state index in [0.717, 1.165) is 0 Å². The summed E-state index contributed by atoms with van der Waals surface area (Å²) < 4.78 is 2.19. The highest BCUT2D eigenvalue weighted by Crippen LogP contribution is 2.01. The molecule has 0 aliphatic heterocycles. The zero-order chi connectivity index (χ0) is 7.61. The third-order valence-electron chi connectivity index (χ3n) is 1.49. The second-order valence-electron chi connectivity index (χ2n) is 3.45. The van der Waals surface area contributed by atoms with E-state index in [1.54, 1.807) is 0 Å². The first-order valence-electron chi connectivity index (χ1n) is 3.57. The number of hydrogen-bond donors (Lipinski definition) is 0. The third-order valence-corrected chi connectivity index (χ3v) is 1.49. The Morgan fingerprint density at radius 1 is 0.909 bits per heavy atom. The van der Waals surface area contributed by atoms with E-state index in [9.17, 15) is 0 Å². The van der Waals surface area contributed by atoms with E-state index in [0.29, 0.717) is 0 Å². The van der Waals surface area contributed by atoms with Crippen molar-refractivity contribution in [2.75, 3.05) is 0 Å². The van der Waals surface area contributed by atoms with Crippen molar-refractivity contribution in [3.8, 4) is 0 Å². The lowest BCUT2D eigenvalue weighted by atomic mass is 10.1. The molecular weight excluding hydrogens is 133 g/mol. The minimum Gasteiger partial charge on any atom is -0.201 e. The summed E-state index contributed by atoms with van der Waals surface area (Å²) in [4.78, 5) is 0. The molecule has 11 heavy (non-hydrogen) atoms. The molecule has 0 fully saturated rings. The predicted molar refractivity (Wildman–Crippen MR) is 47.4 cm³/mol. The van der Waals surface area contributed by atoms with Crippen LogP contribution in [0.2, 0.25) is 0 Å². The molecule has 0 unspecified atom stereocenters. The Bertz CT molecular complexity index is 201. The number of nitrogens with zero attached hydrogens (tertiary/aromatic N) is 1. The average Bonchev–Trinajstić information content (AvgIpc) is 1.88. The summed E-state index contributed by atoms with van der Waals surface area (Å²) in [6, 6.07) is 6.12. The first kappa shape index (κ1) is 10.2. The van der Waals surface area contributed by atoms with Gasteiger partial charge in [-0.1, -0.05) is 6.07 Å². The maximum absolute atomic E-state index is 2.19. The van der Waals surface area contributed by atoms with Crippen LogP contribution in [0.15, 0.2) is 30.6 Å². The maximum Gasteiger partial charge on any atom is 0.169 e. The highest BCUT2D eigenvalue weighted by Gasteiger charge is 2.19. The van der Waals surface area contributed by atoms with Crippen LogP contribution in [-0.4, -0.2) is 8.41 Å². The minimum absolute atomic E-state index is 0. The zero-order valence-corrected chi connectivity index (χ0v) is 7.41. The van der Waals surface area contributed by atoms with Crippen LogP contribution in [0.3, 0.4) is 0 Å². The molecule has 0 aromatic carbocycles. The summed E-state index contributed by atoms with van der Waals surface area (Å²) in [6.45, 7) is 6.56. The van der Waals surface area contributed by atoms with Gasteiger partial charge in [-0.3, -0.25) is 0 Å². The smallest absolute Gasteiger partial charge is 0.169 e. The van der Waals surface area contributed by atoms with Crippen LogP contribution in [0.4, 0.5) is 0 Å². The average molecular weight is 147 g/mol. The monoisotopic (exact) mass is 147 g/mol. The number of hydrogen-bond acceptors (Lipinski definition) is 0. The first-order chi connectivity index (χ1) is 4.61. The van der Waals surface area contributed by atoms with Crippen molar-refractivity contribution >= 4 is 8.41 Å². The molecule has 0 aliphatic carbocycles. The van der Waals surface area contributed by atoms with Crippen molar-refractivity contribution in [3.63, 3.8) is 0 Å². The van der Waals surface area contributed by atoms with Gasteiger partial charge in [0.05, 0.1) is 0 Å². The van der Waals surface area contributed by atoms with Crippen LogP contribution < -0.4 is 4.57 Å². The molecular formula is C9H14BN+. The summed E-state index contributed by atoms with van der Waals surface area (Å²) in [5, 5.41) is 0. The molecule has 1 rings (SSSR count). The molecule has 57 valence electrons. The molecule has 0 amide bonds. The fourth-order valence-electron chi connectivity index (χ4n) is 0.846. The summed E-state index contributed by atoms with van der Waals surface area (Å²) in [5.74, 6) is 0. The Hall–Kier alpha value is -0.785. The van der Waals surface area contributed by atoms with Crippen molar-refractivity contribution < 1.29 is 4.57 Å². The van der Waals surface area contributed by atoms with E-state index >= 15 is 0 Å². The van der Waals surface area contributed by atoms with Crippen molar-refractivity contribution in [1.82, 2.24) is 0 Å². The Labute approximate surface area is 70.6 Å². The normalized spacial score (nSPS) is 10.5. The van der Waals surface area contributed by atoms with Gasteiger partial charge in [0.2, 0.25) is 0 Å². The number of rotatable bonds is 0. The molecule has 0 N–H and O–H groups in total. The van der Waals surface area contributed by atoms with E-state index < -0.39 is 0 Å². The van der Waals surface area contributed by atoms with Crippen LogP contribution in [0.5, 0.6) is 0 Å². The number of pyridine rings is 1. The molecule has 0 saturated heterocycles. The molecule has 1 nitrogen and oxygen atoms in total. The first-order valence-corrected chi connectivity index (χ1v) is 3.57. The second-order valence-corrected chi connectivity index (χ2v) is 3.45. The summed E-state index contributed by atoms with van der Waals surface area (Å²) in [7, 11) is 0. The largest absolute Gasteiger partial charge is 0.201 e. The zero-order valence-electron chi connectivity index (χ0n) is 7.41. The Balaban J connectivity index is 0.000001000. The Kier molecular flexibility index (Phi) is 3.31. The fourth-order valence-corrected chi connectivity index (χ4v) is 0.846. The van der Waals surface area contributed by atoms with E-state index in [1.807, 2.05) is 18.2 Å². The van der Waals surface area contributed by atoms with Crippen LogP contribution in [0.25, 0.3) is 0 Å². The summed E-state index contributed by atoms with van der Waals surface area (Å²) >= 11 is 0. The van der Waals surface area contributed by atoms with Crippen molar-refractivity contribution in [2.24, 2.45) is 0 Å². The van der Waals surface area contributed by atoms with Gasteiger partial charge in [-0.15, -0.1) is 0 Å². The highest BCUT2D eigenvalue weighted by atomic mass is 15.0. The van der Waals surface area contributed by atoms with Crippen molar-refractivity contribution in [3.05, 3.63) is 30.6 Å². The van der Waals surface area contributed by atoms with E-state index in [1.165, 1.54) is 0 Å². The Morgan fingerprint density at radius 2 is 1.36 bits per heavy atom. The van der Waals surface area contributed by atoms with E-state index in [4.69, 9.17) is 0 Å². The molecule has 3 radical (unpaired) electrons. The maximum atomic E-state index is 2.19.